The van der Waals surface area contributed by atoms with Crippen molar-refractivity contribution >= 4 is 23.6 Å². The molecule has 2 aliphatic rings. The average molecular weight is 337 g/mol. The fourth-order valence-corrected chi connectivity index (χ4v) is 2.91. The fourth-order valence-electron chi connectivity index (χ4n) is 2.06. The SMILES string of the molecule is FC(F)(F)c1cc2ccc1-2.S=c1[nH]c(-c2ccccc2)cs1. The molecule has 1 aromatic heterocycles. The molecule has 0 radical (unpaired) electrons. The van der Waals surface area contributed by atoms with Crippen LogP contribution in [0.5, 0.6) is 0 Å². The lowest BCUT2D eigenvalue weighted by Gasteiger charge is -2.22. The molecule has 0 unspecified atom stereocenters. The molecule has 0 aliphatic heterocycles. The van der Waals surface area contributed by atoms with Crippen molar-refractivity contribution in [2.75, 3.05) is 0 Å². The number of rotatable bonds is 1. The highest BCUT2D eigenvalue weighted by molar-refractivity contribution is 7.73. The average Bonchev–Trinajstić information content (AvgIpc) is 2.89. The third-order valence-corrected chi connectivity index (χ3v) is 4.30. The summed E-state index contributed by atoms with van der Waals surface area (Å²) in [6.07, 6.45) is -4.15. The first-order chi connectivity index (χ1) is 10.4. The molecule has 0 saturated carbocycles. The van der Waals surface area contributed by atoms with Gasteiger partial charge in [0.1, 0.15) is 0 Å². The lowest BCUT2D eigenvalue weighted by Crippen LogP contribution is -2.12. The predicted octanol–water partition coefficient (Wildman–Crippen LogP) is 6.16. The second kappa shape index (κ2) is 5.70. The van der Waals surface area contributed by atoms with Crippen LogP contribution in [0.2, 0.25) is 0 Å². The van der Waals surface area contributed by atoms with Crippen LogP contribution in [-0.4, -0.2) is 4.98 Å². The zero-order valence-electron chi connectivity index (χ0n) is 11.1. The summed E-state index contributed by atoms with van der Waals surface area (Å²) < 4.78 is 36.3. The summed E-state index contributed by atoms with van der Waals surface area (Å²) in [7, 11) is 0. The van der Waals surface area contributed by atoms with Crippen LogP contribution >= 0.6 is 23.6 Å². The Bertz CT molecular complexity index is 848. The van der Waals surface area contributed by atoms with E-state index < -0.39 is 11.7 Å². The maximum Gasteiger partial charge on any atom is 0.417 e. The van der Waals surface area contributed by atoms with Gasteiger partial charge in [-0.25, -0.2) is 0 Å². The van der Waals surface area contributed by atoms with Crippen molar-refractivity contribution in [3.63, 3.8) is 0 Å². The Balaban J connectivity index is 0.000000133. The first kappa shape index (κ1) is 15.0. The lowest BCUT2D eigenvalue weighted by atomic mass is 9.86. The molecule has 2 aromatic rings. The van der Waals surface area contributed by atoms with E-state index in [1.54, 1.807) is 17.4 Å². The third kappa shape index (κ3) is 2.98. The molecule has 1 aromatic carbocycles. The first-order valence-electron chi connectivity index (χ1n) is 6.40. The molecule has 22 heavy (non-hydrogen) atoms. The van der Waals surface area contributed by atoms with Crippen LogP contribution in [0.15, 0.2) is 53.9 Å². The molecule has 6 heteroatoms. The number of halogens is 3. The van der Waals surface area contributed by atoms with Gasteiger partial charge in [-0.2, -0.15) is 13.2 Å². The van der Waals surface area contributed by atoms with Crippen molar-refractivity contribution in [3.8, 4) is 22.4 Å². The van der Waals surface area contributed by atoms with Gasteiger partial charge in [-0.3, -0.25) is 0 Å². The van der Waals surface area contributed by atoms with Crippen molar-refractivity contribution < 1.29 is 13.2 Å². The number of aromatic nitrogens is 1. The number of H-pyrrole nitrogens is 1. The van der Waals surface area contributed by atoms with E-state index in [1.807, 2.05) is 23.6 Å². The second-order valence-corrected chi connectivity index (χ2v) is 6.23. The highest BCUT2D eigenvalue weighted by Gasteiger charge is 2.38. The molecule has 0 spiro atoms. The van der Waals surface area contributed by atoms with E-state index in [9.17, 15) is 13.2 Å². The van der Waals surface area contributed by atoms with Crippen LogP contribution in [0, 0.1) is 3.95 Å². The summed E-state index contributed by atoms with van der Waals surface area (Å²) in [4.78, 5) is 3.13. The number of thiazole rings is 1. The van der Waals surface area contributed by atoms with Crippen LogP contribution in [0.1, 0.15) is 5.56 Å². The van der Waals surface area contributed by atoms with E-state index in [2.05, 4.69) is 17.1 Å². The van der Waals surface area contributed by atoms with Gasteiger partial charge >= 0.3 is 6.18 Å². The number of hydrogen-bond acceptors (Lipinski definition) is 2. The number of fused-ring (bicyclic) bond motifs is 1. The van der Waals surface area contributed by atoms with E-state index in [1.165, 1.54) is 11.6 Å². The van der Waals surface area contributed by atoms with Gasteiger partial charge in [-0.1, -0.05) is 42.5 Å². The Morgan fingerprint density at radius 2 is 1.68 bits per heavy atom. The summed E-state index contributed by atoms with van der Waals surface area (Å²) in [6.45, 7) is 0. The molecule has 1 heterocycles. The van der Waals surface area contributed by atoms with E-state index in [4.69, 9.17) is 12.2 Å². The predicted molar refractivity (Wildman–Crippen MR) is 85.4 cm³/mol. The highest BCUT2D eigenvalue weighted by atomic mass is 32.1. The molecular weight excluding hydrogens is 327 g/mol. The fraction of sp³-hybridized carbons (Fsp3) is 0.0625. The van der Waals surface area contributed by atoms with Crippen LogP contribution in [-0.2, 0) is 6.18 Å². The van der Waals surface area contributed by atoms with Crippen LogP contribution in [0.3, 0.4) is 0 Å². The molecule has 0 atom stereocenters. The number of hydrogen-bond donors (Lipinski definition) is 1. The van der Waals surface area contributed by atoms with Gasteiger partial charge in [0.05, 0.1) is 11.3 Å². The largest absolute Gasteiger partial charge is 0.417 e. The Hall–Kier alpha value is -1.92. The van der Waals surface area contributed by atoms with E-state index in [-0.39, 0.29) is 0 Å². The zero-order chi connectivity index (χ0) is 15.7. The maximum atomic E-state index is 11.8. The van der Waals surface area contributed by atoms with Crippen molar-refractivity contribution in [3.05, 3.63) is 63.4 Å². The Morgan fingerprint density at radius 1 is 0.955 bits per heavy atom. The summed E-state index contributed by atoms with van der Waals surface area (Å²) >= 11 is 6.55. The summed E-state index contributed by atoms with van der Waals surface area (Å²) in [5, 5.41) is 2.04. The summed E-state index contributed by atoms with van der Waals surface area (Å²) in [5.41, 5.74) is 2.90. The lowest BCUT2D eigenvalue weighted by molar-refractivity contribution is -0.137. The summed E-state index contributed by atoms with van der Waals surface area (Å²) in [5.74, 6) is 0. The molecule has 0 fully saturated rings. The Labute approximate surface area is 134 Å². The number of nitrogens with one attached hydrogen (secondary N) is 1. The monoisotopic (exact) mass is 337 g/mol. The molecule has 0 amide bonds. The molecule has 2 aliphatic carbocycles. The molecule has 4 rings (SSSR count). The zero-order valence-corrected chi connectivity index (χ0v) is 12.8. The van der Waals surface area contributed by atoms with Gasteiger partial charge in [-0.15, -0.1) is 11.3 Å². The molecule has 0 saturated heterocycles. The van der Waals surface area contributed by atoms with Crippen LogP contribution < -0.4 is 0 Å². The van der Waals surface area contributed by atoms with E-state index >= 15 is 0 Å². The van der Waals surface area contributed by atoms with Gasteiger partial charge in [0.25, 0.3) is 0 Å². The maximum absolute atomic E-state index is 11.8. The molecule has 1 N–H and O–H groups in total. The van der Waals surface area contributed by atoms with Gasteiger partial charge in [0.2, 0.25) is 0 Å². The standard InChI is InChI=1S/C9H7NS2.C7H3F3/c11-9-10-8(6-12-9)7-4-2-1-3-5-7;8-7(9,10)6-3-4-1-2-5(4)6/h1-6H,(H,10,11);1-3H. The third-order valence-electron chi connectivity index (χ3n) is 3.24. The minimum absolute atomic E-state index is 0.368. The number of aromatic amines is 1. The molecule has 1 nitrogen and oxygen atoms in total. The highest BCUT2D eigenvalue weighted by Crippen LogP contribution is 2.45. The number of benzene rings is 2. The quantitative estimate of drug-likeness (QED) is 0.411. The smallest absolute Gasteiger partial charge is 0.337 e. The number of alkyl halides is 3. The van der Waals surface area contributed by atoms with E-state index in [0.717, 1.165) is 21.3 Å². The van der Waals surface area contributed by atoms with Gasteiger partial charge in [0, 0.05) is 5.38 Å². The Morgan fingerprint density at radius 3 is 2.05 bits per heavy atom. The van der Waals surface area contributed by atoms with Gasteiger partial charge in [0.15, 0.2) is 3.95 Å². The molecule has 112 valence electrons. The van der Waals surface area contributed by atoms with E-state index in [0.29, 0.717) is 5.56 Å². The normalized spacial score (nSPS) is 11.6. The van der Waals surface area contributed by atoms with Crippen LogP contribution in [0.25, 0.3) is 22.4 Å². The minimum Gasteiger partial charge on any atom is -0.337 e. The van der Waals surface area contributed by atoms with Crippen molar-refractivity contribution in [2.45, 2.75) is 6.18 Å². The molecule has 0 bridgehead atoms. The second-order valence-electron chi connectivity index (χ2n) is 4.69. The van der Waals surface area contributed by atoms with Gasteiger partial charge < -0.3 is 4.98 Å². The van der Waals surface area contributed by atoms with Crippen molar-refractivity contribution in [2.24, 2.45) is 0 Å². The minimum atomic E-state index is -4.15. The topological polar surface area (TPSA) is 15.8 Å². The first-order valence-corrected chi connectivity index (χ1v) is 7.69. The van der Waals surface area contributed by atoms with Crippen molar-refractivity contribution in [1.29, 1.82) is 0 Å². The Kier molecular flexibility index (Phi) is 3.88. The van der Waals surface area contributed by atoms with Gasteiger partial charge in [-0.05, 0) is 35.0 Å². The molecular formula is C16H10F3NS2. The van der Waals surface area contributed by atoms with Crippen LogP contribution in [0.4, 0.5) is 13.2 Å². The van der Waals surface area contributed by atoms with Crippen molar-refractivity contribution in [1.82, 2.24) is 4.98 Å². The summed E-state index contributed by atoms with van der Waals surface area (Å²) in [6, 6.07) is 14.5.